The Labute approximate surface area is 104 Å². The predicted molar refractivity (Wildman–Crippen MR) is 63.1 cm³/mol. The van der Waals surface area contributed by atoms with Crippen molar-refractivity contribution in [2.24, 2.45) is 0 Å². The molecule has 0 fully saturated rings. The molecule has 0 radical (unpaired) electrons. The van der Waals surface area contributed by atoms with Crippen LogP contribution in [-0.4, -0.2) is 26.2 Å². The van der Waals surface area contributed by atoms with Gasteiger partial charge in [-0.25, -0.2) is 4.39 Å². The lowest BCUT2D eigenvalue weighted by Gasteiger charge is -2.12. The van der Waals surface area contributed by atoms with E-state index in [1.165, 1.54) is 20.1 Å². The quantitative estimate of drug-likeness (QED) is 0.829. The molecule has 1 aromatic rings. The zero-order valence-electron chi connectivity index (χ0n) is 9.55. The van der Waals surface area contributed by atoms with Crippen molar-refractivity contribution >= 4 is 23.2 Å². The van der Waals surface area contributed by atoms with Gasteiger partial charge in [0.2, 0.25) is 5.91 Å². The molecule has 94 valence electrons. The number of anilines is 1. The highest BCUT2D eigenvalue weighted by atomic mass is 35.5. The summed E-state index contributed by atoms with van der Waals surface area (Å²) in [7, 11) is 1.53. The van der Waals surface area contributed by atoms with E-state index in [1.54, 1.807) is 0 Å². The van der Waals surface area contributed by atoms with Crippen molar-refractivity contribution in [3.05, 3.63) is 23.0 Å². The molecule has 1 amide bonds. The smallest absolute Gasteiger partial charge is 0.221 e. The fraction of sp³-hybridized carbons (Fsp3) is 0.364. The molecule has 0 aliphatic rings. The van der Waals surface area contributed by atoms with Gasteiger partial charge in [0.1, 0.15) is 18.2 Å². The van der Waals surface area contributed by atoms with Gasteiger partial charge in [0.25, 0.3) is 0 Å². The molecule has 1 aromatic carbocycles. The highest BCUT2D eigenvalue weighted by Crippen LogP contribution is 2.30. The van der Waals surface area contributed by atoms with Crippen LogP contribution in [0.2, 0.25) is 5.02 Å². The molecule has 4 nitrogen and oxygen atoms in total. The second kappa shape index (κ2) is 6.42. The Morgan fingerprint density at radius 3 is 2.76 bits per heavy atom. The standard InChI is InChI=1S/C11H13ClFNO3/c1-7(15)14-10-5-8(12)9(13)6-11(10)17-4-3-16-2/h5-6H,3-4H2,1-2H3,(H,14,15). The van der Waals surface area contributed by atoms with Crippen molar-refractivity contribution in [2.45, 2.75) is 6.92 Å². The average molecular weight is 262 g/mol. The first-order valence-corrected chi connectivity index (χ1v) is 5.30. The maximum Gasteiger partial charge on any atom is 0.221 e. The molecular weight excluding hydrogens is 249 g/mol. The Morgan fingerprint density at radius 1 is 1.47 bits per heavy atom. The molecular formula is C11H13ClFNO3. The van der Waals surface area contributed by atoms with Crippen molar-refractivity contribution in [3.8, 4) is 5.75 Å². The lowest BCUT2D eigenvalue weighted by Crippen LogP contribution is -2.10. The highest BCUT2D eigenvalue weighted by Gasteiger charge is 2.11. The Kier molecular flexibility index (Phi) is 5.18. The van der Waals surface area contributed by atoms with Gasteiger partial charge < -0.3 is 14.8 Å². The molecule has 0 saturated carbocycles. The summed E-state index contributed by atoms with van der Waals surface area (Å²) in [5.41, 5.74) is 0.333. The minimum atomic E-state index is -0.604. The number of amides is 1. The van der Waals surface area contributed by atoms with Crippen molar-refractivity contribution in [1.29, 1.82) is 0 Å². The van der Waals surface area contributed by atoms with E-state index < -0.39 is 5.82 Å². The molecule has 0 aromatic heterocycles. The van der Waals surface area contributed by atoms with E-state index in [4.69, 9.17) is 21.1 Å². The summed E-state index contributed by atoms with van der Waals surface area (Å²) < 4.78 is 23.3. The number of benzene rings is 1. The van der Waals surface area contributed by atoms with Gasteiger partial charge in [-0.1, -0.05) is 11.6 Å². The Hall–Kier alpha value is -1.33. The first kappa shape index (κ1) is 13.7. The van der Waals surface area contributed by atoms with Crippen LogP contribution >= 0.6 is 11.6 Å². The van der Waals surface area contributed by atoms with Gasteiger partial charge in [-0.15, -0.1) is 0 Å². The molecule has 6 heteroatoms. The summed E-state index contributed by atoms with van der Waals surface area (Å²) in [5, 5.41) is 2.44. The predicted octanol–water partition coefficient (Wildman–Crippen LogP) is 2.46. The maximum atomic E-state index is 13.2. The first-order valence-electron chi connectivity index (χ1n) is 4.93. The van der Waals surface area contributed by atoms with E-state index in [-0.39, 0.29) is 23.3 Å². The van der Waals surface area contributed by atoms with Crippen LogP contribution in [0.4, 0.5) is 10.1 Å². The summed E-state index contributed by atoms with van der Waals surface area (Å²) >= 11 is 5.62. The largest absolute Gasteiger partial charge is 0.489 e. The third-order valence-electron chi connectivity index (χ3n) is 1.88. The normalized spacial score (nSPS) is 10.1. The van der Waals surface area contributed by atoms with Crippen LogP contribution in [0.5, 0.6) is 5.75 Å². The van der Waals surface area contributed by atoms with E-state index in [9.17, 15) is 9.18 Å². The topological polar surface area (TPSA) is 47.6 Å². The Balaban J connectivity index is 2.90. The SMILES string of the molecule is COCCOc1cc(F)c(Cl)cc1NC(C)=O. The monoisotopic (exact) mass is 261 g/mol. The molecule has 0 spiro atoms. The average Bonchev–Trinajstić information content (AvgIpc) is 2.24. The van der Waals surface area contributed by atoms with Gasteiger partial charge in [0, 0.05) is 20.1 Å². The fourth-order valence-electron chi connectivity index (χ4n) is 1.17. The van der Waals surface area contributed by atoms with Crippen LogP contribution in [-0.2, 0) is 9.53 Å². The van der Waals surface area contributed by atoms with E-state index in [1.807, 2.05) is 0 Å². The number of rotatable bonds is 5. The number of halogens is 2. The molecule has 0 bridgehead atoms. The molecule has 0 aliphatic carbocycles. The molecule has 0 unspecified atom stereocenters. The van der Waals surface area contributed by atoms with Gasteiger partial charge >= 0.3 is 0 Å². The number of hydrogen-bond donors (Lipinski definition) is 1. The highest BCUT2D eigenvalue weighted by molar-refractivity contribution is 6.31. The summed E-state index contributed by atoms with van der Waals surface area (Å²) in [4.78, 5) is 11.0. The zero-order chi connectivity index (χ0) is 12.8. The lowest BCUT2D eigenvalue weighted by atomic mass is 10.2. The van der Waals surface area contributed by atoms with E-state index >= 15 is 0 Å². The van der Waals surface area contributed by atoms with Gasteiger partial charge in [-0.2, -0.15) is 0 Å². The Morgan fingerprint density at radius 2 is 2.18 bits per heavy atom. The molecule has 1 rings (SSSR count). The fourth-order valence-corrected chi connectivity index (χ4v) is 1.33. The van der Waals surface area contributed by atoms with Crippen molar-refractivity contribution in [2.75, 3.05) is 25.6 Å². The van der Waals surface area contributed by atoms with Gasteiger partial charge in [-0.05, 0) is 6.07 Å². The van der Waals surface area contributed by atoms with Crippen molar-refractivity contribution < 1.29 is 18.7 Å². The number of carbonyl (C=O) groups excluding carboxylic acids is 1. The van der Waals surface area contributed by atoms with Gasteiger partial charge in [0.05, 0.1) is 17.3 Å². The second-order valence-electron chi connectivity index (χ2n) is 3.28. The summed E-state index contributed by atoms with van der Waals surface area (Å²) in [6.07, 6.45) is 0. The zero-order valence-corrected chi connectivity index (χ0v) is 10.3. The van der Waals surface area contributed by atoms with E-state index in [0.717, 1.165) is 6.07 Å². The number of hydrogen-bond acceptors (Lipinski definition) is 3. The molecule has 0 aliphatic heterocycles. The minimum absolute atomic E-state index is 0.0761. The van der Waals surface area contributed by atoms with Crippen molar-refractivity contribution in [1.82, 2.24) is 0 Å². The van der Waals surface area contributed by atoms with Gasteiger partial charge in [0.15, 0.2) is 0 Å². The third-order valence-corrected chi connectivity index (χ3v) is 2.17. The second-order valence-corrected chi connectivity index (χ2v) is 3.69. The van der Waals surface area contributed by atoms with Crippen LogP contribution in [0.15, 0.2) is 12.1 Å². The minimum Gasteiger partial charge on any atom is -0.489 e. The van der Waals surface area contributed by atoms with Crippen LogP contribution in [0.25, 0.3) is 0 Å². The van der Waals surface area contributed by atoms with E-state index in [0.29, 0.717) is 12.3 Å². The molecule has 17 heavy (non-hydrogen) atoms. The number of ether oxygens (including phenoxy) is 2. The number of carbonyl (C=O) groups is 1. The summed E-state index contributed by atoms with van der Waals surface area (Å²) in [5.74, 6) is -0.670. The molecule has 0 saturated heterocycles. The third kappa shape index (κ3) is 4.20. The first-order chi connectivity index (χ1) is 8.04. The van der Waals surface area contributed by atoms with Crippen LogP contribution in [0.1, 0.15) is 6.92 Å². The van der Waals surface area contributed by atoms with E-state index in [2.05, 4.69) is 5.32 Å². The summed E-state index contributed by atoms with van der Waals surface area (Å²) in [6.45, 7) is 1.96. The van der Waals surface area contributed by atoms with Crippen LogP contribution in [0.3, 0.4) is 0 Å². The molecule has 0 heterocycles. The van der Waals surface area contributed by atoms with Gasteiger partial charge in [-0.3, -0.25) is 4.79 Å². The lowest BCUT2D eigenvalue weighted by molar-refractivity contribution is -0.114. The molecule has 0 atom stereocenters. The summed E-state index contributed by atoms with van der Waals surface area (Å²) in [6, 6.07) is 2.43. The van der Waals surface area contributed by atoms with Crippen molar-refractivity contribution in [3.63, 3.8) is 0 Å². The number of methoxy groups -OCH3 is 1. The maximum absolute atomic E-state index is 13.2. The Bertz CT molecular complexity index is 412. The molecule has 1 N–H and O–H groups in total. The van der Waals surface area contributed by atoms with Crippen LogP contribution in [0, 0.1) is 5.82 Å². The van der Waals surface area contributed by atoms with Crippen LogP contribution < -0.4 is 10.1 Å². The number of nitrogens with one attached hydrogen (secondary N) is 1.